The molecule has 3 aromatic carbocycles. The van der Waals surface area contributed by atoms with Crippen LogP contribution >= 0.6 is 11.6 Å². The van der Waals surface area contributed by atoms with Gasteiger partial charge in [0.05, 0.1) is 33.2 Å². The predicted molar refractivity (Wildman–Crippen MR) is 226 cm³/mol. The van der Waals surface area contributed by atoms with Crippen LogP contribution in [0.4, 0.5) is 30.2 Å². The van der Waals surface area contributed by atoms with Crippen molar-refractivity contribution in [2.24, 2.45) is 13.0 Å². The Bertz CT molecular complexity index is 2240. The second-order valence-electron chi connectivity index (χ2n) is 14.1. The van der Waals surface area contributed by atoms with Gasteiger partial charge in [0, 0.05) is 45.9 Å². The van der Waals surface area contributed by atoms with Crippen molar-refractivity contribution >= 4 is 40.5 Å². The van der Waals surface area contributed by atoms with Gasteiger partial charge in [-0.3, -0.25) is 34.9 Å². The maximum absolute atomic E-state index is 14.6. The molecule has 60 heavy (non-hydrogen) atoms. The van der Waals surface area contributed by atoms with E-state index in [1.54, 1.807) is 59.1 Å². The molecule has 0 unspecified atom stereocenters. The fraction of sp³-hybridized carbons (Fsp3) is 0.381. The number of anilines is 3. The van der Waals surface area contributed by atoms with Crippen LogP contribution < -0.4 is 26.0 Å². The normalized spacial score (nSPS) is 13.5. The standard InChI is InChI=1S/C37H40ClF3N8O5.C4H8.CH4O/c1-5-19-54-31-14-11-24(20-23(31)3)34-44-49(22-32(50)42-30-13-12-25(21-27(30)38)37(39,40)41)36(52)33(28(6-2)43-46(34)4)47-15-17-48(18-16-47)35(51)26-9-7-8-10-29(26)45-53;1-4-2-3-4;1-2/h5,7-14,20-21,43,45,53H,1,6,15-19,22H2,2-4H3,(H,42,50);4H,2-3H2,1H3;2H,1H3. The molecule has 2 amide bonds. The number of aromatic nitrogens is 4. The molecule has 1 saturated heterocycles. The fourth-order valence-electron chi connectivity index (χ4n) is 6.17. The second kappa shape index (κ2) is 21.5. The van der Waals surface area contributed by atoms with Gasteiger partial charge in [-0.15, -0.1) is 5.10 Å². The summed E-state index contributed by atoms with van der Waals surface area (Å²) in [6.45, 7) is 10.3. The van der Waals surface area contributed by atoms with E-state index in [1.807, 2.05) is 24.8 Å². The molecule has 1 aliphatic heterocycles. The molecule has 0 bridgehead atoms. The summed E-state index contributed by atoms with van der Waals surface area (Å²) in [7, 11) is 2.71. The molecule has 14 nitrogen and oxygen atoms in total. The Balaban J connectivity index is 0.00000123. The quantitative estimate of drug-likeness (QED) is 0.0772. The van der Waals surface area contributed by atoms with E-state index in [9.17, 15) is 32.8 Å². The number of aliphatic hydroxyl groups excluding tert-OH is 1. The van der Waals surface area contributed by atoms with Crippen molar-refractivity contribution in [3.05, 3.63) is 111 Å². The predicted octanol–water partition coefficient (Wildman–Crippen LogP) is 7.24. The average Bonchev–Trinajstić information content (AvgIpc) is 4.03. The van der Waals surface area contributed by atoms with Crippen molar-refractivity contribution < 1.29 is 37.8 Å². The van der Waals surface area contributed by atoms with Gasteiger partial charge in [-0.25, -0.2) is 4.68 Å². The van der Waals surface area contributed by atoms with Crippen LogP contribution in [-0.2, 0) is 31.0 Å². The van der Waals surface area contributed by atoms with E-state index in [-0.39, 0.29) is 65.6 Å². The van der Waals surface area contributed by atoms with Crippen LogP contribution in [-0.4, -0.2) is 86.5 Å². The van der Waals surface area contributed by atoms with Gasteiger partial charge in [0.15, 0.2) is 5.82 Å². The van der Waals surface area contributed by atoms with Crippen LogP contribution in [0.2, 0.25) is 5.02 Å². The van der Waals surface area contributed by atoms with Crippen molar-refractivity contribution in [1.29, 1.82) is 0 Å². The molecule has 0 spiro atoms. The molecule has 4 aromatic rings. The average molecular weight is 857 g/mol. The van der Waals surface area contributed by atoms with Gasteiger partial charge in [0.1, 0.15) is 24.6 Å². The first-order chi connectivity index (χ1) is 28.6. The number of benzene rings is 3. The number of rotatable bonds is 11. The van der Waals surface area contributed by atoms with Crippen LogP contribution in [0.1, 0.15) is 53.9 Å². The van der Waals surface area contributed by atoms with E-state index < -0.39 is 29.8 Å². The molecule has 0 radical (unpaired) electrons. The molecule has 5 N–H and O–H groups in total. The molecule has 1 aromatic heterocycles. The van der Waals surface area contributed by atoms with E-state index in [1.165, 1.54) is 12.8 Å². The molecular weight excluding hydrogens is 805 g/mol. The molecule has 2 heterocycles. The third kappa shape index (κ3) is 12.1. The van der Waals surface area contributed by atoms with Gasteiger partial charge in [-0.1, -0.05) is 63.1 Å². The van der Waals surface area contributed by atoms with E-state index in [4.69, 9.17) is 21.4 Å². The second-order valence-corrected chi connectivity index (χ2v) is 14.5. The number of carbonyl (C=O) groups excluding carboxylic acids is 2. The van der Waals surface area contributed by atoms with Crippen molar-refractivity contribution in [2.75, 3.05) is 55.6 Å². The number of H-pyrrole nitrogens is 1. The summed E-state index contributed by atoms with van der Waals surface area (Å²) < 4.78 is 48.1. The lowest BCUT2D eigenvalue weighted by molar-refractivity contribution is -0.137. The summed E-state index contributed by atoms with van der Waals surface area (Å²) >= 11 is 6.12. The minimum Gasteiger partial charge on any atom is -0.489 e. The molecule has 2 aliphatic rings. The number of amides is 2. The van der Waals surface area contributed by atoms with Crippen molar-refractivity contribution in [3.63, 3.8) is 0 Å². The molecular formula is C42H52ClF3N8O6. The number of aryl methyl sites for hydroxylation is 3. The lowest BCUT2D eigenvalue weighted by atomic mass is 10.1. The number of para-hydroxylation sites is 1. The number of nitrogens with one attached hydrogen (secondary N) is 3. The number of carbonyl (C=O) groups is 2. The smallest absolute Gasteiger partial charge is 0.416 e. The summed E-state index contributed by atoms with van der Waals surface area (Å²) in [6.07, 6.45) is 0.322. The molecule has 324 valence electrons. The summed E-state index contributed by atoms with van der Waals surface area (Å²) in [5.41, 5.74) is 3.01. The Morgan fingerprint density at radius 2 is 1.72 bits per heavy atom. The van der Waals surface area contributed by atoms with Crippen molar-refractivity contribution in [1.82, 2.24) is 24.5 Å². The highest BCUT2D eigenvalue weighted by atomic mass is 35.5. The van der Waals surface area contributed by atoms with Crippen molar-refractivity contribution in [2.45, 2.75) is 52.8 Å². The molecule has 1 aliphatic carbocycles. The highest BCUT2D eigenvalue weighted by Gasteiger charge is 2.31. The third-order valence-electron chi connectivity index (χ3n) is 9.59. The number of aromatic amines is 1. The van der Waals surface area contributed by atoms with Crippen LogP contribution in [0.25, 0.3) is 11.4 Å². The van der Waals surface area contributed by atoms with E-state index in [0.29, 0.717) is 36.1 Å². The van der Waals surface area contributed by atoms with Gasteiger partial charge < -0.3 is 25.0 Å². The summed E-state index contributed by atoms with van der Waals surface area (Å²) in [5, 5.41) is 26.7. The SMILES string of the molecule is C=CCOc1ccc(-c2nn(CC(=O)Nc3ccc(C(F)(F)F)cc3Cl)c(=O)c(N3CCN(C(=O)c4ccccc4NO)CC3)c(CC)[nH]n2C)cc1C.CC1CC1.CO. The van der Waals surface area contributed by atoms with Gasteiger partial charge in [-0.2, -0.15) is 13.2 Å². The number of alkyl halides is 3. The van der Waals surface area contributed by atoms with Crippen LogP contribution in [0.15, 0.2) is 78.1 Å². The minimum absolute atomic E-state index is 0.0772. The lowest BCUT2D eigenvalue weighted by Gasteiger charge is -2.36. The topological polar surface area (TPSA) is 170 Å². The Morgan fingerprint density at radius 1 is 1.05 bits per heavy atom. The first-order valence-electron chi connectivity index (χ1n) is 19.3. The minimum atomic E-state index is -4.64. The third-order valence-corrected chi connectivity index (χ3v) is 9.91. The monoisotopic (exact) mass is 856 g/mol. The fourth-order valence-corrected chi connectivity index (χ4v) is 6.40. The summed E-state index contributed by atoms with van der Waals surface area (Å²) in [4.78, 5) is 44.9. The molecule has 6 rings (SSSR count). The van der Waals surface area contributed by atoms with E-state index in [0.717, 1.165) is 35.4 Å². The largest absolute Gasteiger partial charge is 0.489 e. The Morgan fingerprint density at radius 3 is 2.28 bits per heavy atom. The van der Waals surface area contributed by atoms with Gasteiger partial charge >= 0.3 is 6.18 Å². The molecule has 2 fully saturated rings. The Labute approximate surface area is 351 Å². The Kier molecular flexibility index (Phi) is 16.8. The lowest BCUT2D eigenvalue weighted by Crippen LogP contribution is -2.51. The zero-order chi connectivity index (χ0) is 44.1. The van der Waals surface area contributed by atoms with Gasteiger partial charge in [-0.05, 0) is 73.4 Å². The van der Waals surface area contributed by atoms with Crippen LogP contribution in [0.5, 0.6) is 5.75 Å². The number of aliphatic hydroxyl groups is 1. The van der Waals surface area contributed by atoms with Gasteiger partial charge in [0.2, 0.25) is 5.91 Å². The number of halogens is 4. The Hall–Kier alpha value is -5.78. The zero-order valence-electron chi connectivity index (χ0n) is 34.3. The molecule has 18 heteroatoms. The number of ether oxygens (including phenoxy) is 1. The highest BCUT2D eigenvalue weighted by molar-refractivity contribution is 6.33. The molecule has 1 saturated carbocycles. The van der Waals surface area contributed by atoms with E-state index >= 15 is 0 Å². The maximum Gasteiger partial charge on any atom is 0.416 e. The van der Waals surface area contributed by atoms with Crippen LogP contribution in [0, 0.1) is 12.8 Å². The first-order valence-corrected chi connectivity index (χ1v) is 19.7. The number of hydrogen-bond acceptors (Lipinski definition) is 9. The zero-order valence-corrected chi connectivity index (χ0v) is 35.0. The van der Waals surface area contributed by atoms with Crippen molar-refractivity contribution in [3.8, 4) is 17.1 Å². The van der Waals surface area contributed by atoms with Gasteiger partial charge in [0.25, 0.3) is 11.5 Å². The maximum atomic E-state index is 14.6. The highest BCUT2D eigenvalue weighted by Crippen LogP contribution is 2.34. The number of hydrogen-bond donors (Lipinski definition) is 5. The van der Waals surface area contributed by atoms with E-state index in [2.05, 4.69) is 34.5 Å². The van der Waals surface area contributed by atoms with Crippen LogP contribution in [0.3, 0.4) is 0 Å². The molecule has 0 atom stereocenters. The summed E-state index contributed by atoms with van der Waals surface area (Å²) in [6, 6.07) is 14.4. The summed E-state index contributed by atoms with van der Waals surface area (Å²) in [5.74, 6) is 0.909. The number of piperazine rings is 1. The first kappa shape index (κ1) is 46.9. The number of nitrogens with zero attached hydrogens (tertiary/aromatic N) is 5.